The first-order chi connectivity index (χ1) is 15.2. The van der Waals surface area contributed by atoms with Crippen molar-refractivity contribution in [2.75, 3.05) is 10.2 Å². The Balaban J connectivity index is 1.57. The third-order valence-corrected chi connectivity index (χ3v) is 5.81. The summed E-state index contributed by atoms with van der Waals surface area (Å²) in [6.45, 7) is 3.70. The number of aryl methyl sites for hydroxylation is 2. The van der Waals surface area contributed by atoms with Crippen LogP contribution in [-0.4, -0.2) is 23.5 Å². The number of nitrogens with one attached hydrogen (secondary N) is 1. The molecule has 162 valence electrons. The van der Waals surface area contributed by atoms with Crippen LogP contribution >= 0.6 is 11.8 Å². The summed E-state index contributed by atoms with van der Waals surface area (Å²) in [6.07, 6.45) is 0. The lowest BCUT2D eigenvalue weighted by molar-refractivity contribution is 0.0925. The zero-order valence-electron chi connectivity index (χ0n) is 17.2. The van der Waals surface area contributed by atoms with Gasteiger partial charge in [-0.1, -0.05) is 23.9 Å². The van der Waals surface area contributed by atoms with Crippen molar-refractivity contribution in [1.82, 2.24) is 0 Å². The van der Waals surface area contributed by atoms with Gasteiger partial charge in [0.1, 0.15) is 0 Å². The lowest BCUT2D eigenvalue weighted by Gasteiger charge is -2.17. The molecule has 3 aromatic carbocycles. The predicted octanol–water partition coefficient (Wildman–Crippen LogP) is 5.67. The van der Waals surface area contributed by atoms with E-state index in [1.807, 2.05) is 26.0 Å². The van der Waals surface area contributed by atoms with E-state index in [1.165, 1.54) is 42.5 Å². The SMILES string of the molecule is Cc1ccc(C)c(N2C(=O)c3ccc(C(=O)Nc4ccc(SC(F)F)cc4)cc3C2=O)c1. The van der Waals surface area contributed by atoms with Crippen molar-refractivity contribution in [1.29, 1.82) is 0 Å². The van der Waals surface area contributed by atoms with Crippen molar-refractivity contribution < 1.29 is 23.2 Å². The summed E-state index contributed by atoms with van der Waals surface area (Å²) in [7, 11) is 0. The molecule has 0 aliphatic carbocycles. The van der Waals surface area contributed by atoms with Gasteiger partial charge in [0.25, 0.3) is 23.5 Å². The van der Waals surface area contributed by atoms with Crippen molar-refractivity contribution in [3.05, 3.63) is 88.5 Å². The van der Waals surface area contributed by atoms with Gasteiger partial charge in [0.05, 0.1) is 16.8 Å². The number of alkyl halides is 2. The topological polar surface area (TPSA) is 66.5 Å². The molecule has 0 saturated carbocycles. The molecule has 0 atom stereocenters. The van der Waals surface area contributed by atoms with Gasteiger partial charge in [0.2, 0.25) is 0 Å². The van der Waals surface area contributed by atoms with Crippen molar-refractivity contribution in [2.24, 2.45) is 0 Å². The number of rotatable bonds is 5. The van der Waals surface area contributed by atoms with Crippen LogP contribution in [0.5, 0.6) is 0 Å². The second kappa shape index (κ2) is 8.55. The normalized spacial score (nSPS) is 13.0. The number of carbonyl (C=O) groups is 3. The highest BCUT2D eigenvalue weighted by molar-refractivity contribution is 7.99. The number of hydrogen-bond donors (Lipinski definition) is 1. The fraction of sp³-hybridized carbons (Fsp3) is 0.125. The highest BCUT2D eigenvalue weighted by Gasteiger charge is 2.37. The van der Waals surface area contributed by atoms with E-state index in [0.29, 0.717) is 28.0 Å². The van der Waals surface area contributed by atoms with E-state index in [4.69, 9.17) is 0 Å². The molecule has 1 N–H and O–H groups in total. The van der Waals surface area contributed by atoms with Crippen molar-refractivity contribution in [3.63, 3.8) is 0 Å². The smallest absolute Gasteiger partial charge is 0.288 e. The first kappa shape index (κ1) is 21.7. The number of nitrogens with zero attached hydrogens (tertiary/aromatic N) is 1. The second-order valence-electron chi connectivity index (χ2n) is 7.35. The average molecular weight is 452 g/mol. The monoisotopic (exact) mass is 452 g/mol. The number of thioether (sulfide) groups is 1. The largest absolute Gasteiger partial charge is 0.322 e. The van der Waals surface area contributed by atoms with Crippen molar-refractivity contribution >= 4 is 40.9 Å². The van der Waals surface area contributed by atoms with Crippen LogP contribution in [0.1, 0.15) is 42.2 Å². The second-order valence-corrected chi connectivity index (χ2v) is 8.42. The van der Waals surface area contributed by atoms with Gasteiger partial charge in [0, 0.05) is 16.1 Å². The minimum Gasteiger partial charge on any atom is -0.322 e. The minimum atomic E-state index is -2.52. The summed E-state index contributed by atoms with van der Waals surface area (Å²) in [5, 5.41) is 2.67. The van der Waals surface area contributed by atoms with Gasteiger partial charge in [0.15, 0.2) is 0 Å². The van der Waals surface area contributed by atoms with E-state index < -0.39 is 23.5 Å². The van der Waals surface area contributed by atoms with Gasteiger partial charge in [-0.05, 0) is 73.5 Å². The molecule has 4 rings (SSSR count). The molecule has 0 aromatic heterocycles. The predicted molar refractivity (Wildman–Crippen MR) is 120 cm³/mol. The Morgan fingerprint density at radius 3 is 2.28 bits per heavy atom. The molecule has 3 amide bonds. The molecule has 0 saturated heterocycles. The molecule has 0 spiro atoms. The first-order valence-electron chi connectivity index (χ1n) is 9.71. The maximum absolute atomic E-state index is 13.0. The highest BCUT2D eigenvalue weighted by atomic mass is 32.2. The van der Waals surface area contributed by atoms with E-state index >= 15 is 0 Å². The van der Waals surface area contributed by atoms with E-state index in [2.05, 4.69) is 5.32 Å². The molecule has 0 bridgehead atoms. The first-order valence-corrected chi connectivity index (χ1v) is 10.6. The number of benzene rings is 3. The number of hydrogen-bond acceptors (Lipinski definition) is 4. The number of imide groups is 1. The van der Waals surface area contributed by atoms with E-state index in [1.54, 1.807) is 6.07 Å². The molecule has 0 fully saturated rings. The van der Waals surface area contributed by atoms with E-state index in [0.717, 1.165) is 16.0 Å². The van der Waals surface area contributed by atoms with Crippen LogP contribution in [-0.2, 0) is 0 Å². The van der Waals surface area contributed by atoms with Crippen LogP contribution in [0.2, 0.25) is 0 Å². The molecule has 0 unspecified atom stereocenters. The van der Waals surface area contributed by atoms with Gasteiger partial charge in [-0.2, -0.15) is 8.78 Å². The Bertz CT molecular complexity index is 1240. The van der Waals surface area contributed by atoms with Crippen molar-refractivity contribution in [3.8, 4) is 0 Å². The van der Waals surface area contributed by atoms with Crippen LogP contribution in [0.3, 0.4) is 0 Å². The minimum absolute atomic E-state index is 0.159. The standard InChI is InChI=1S/C24H18F2N2O3S/c1-13-3-4-14(2)20(11-13)28-22(30)18-10-5-15(12-19(18)23(28)31)21(29)27-16-6-8-17(9-7-16)32-24(25)26/h3-12,24H,1-2H3,(H,27,29). The number of halogens is 2. The molecule has 1 aliphatic rings. The Hall–Kier alpha value is -3.52. The van der Waals surface area contributed by atoms with Gasteiger partial charge in [-0.15, -0.1) is 0 Å². The summed E-state index contributed by atoms with van der Waals surface area (Å²) >= 11 is 0.416. The van der Waals surface area contributed by atoms with E-state index in [9.17, 15) is 23.2 Å². The molecule has 8 heteroatoms. The quantitative estimate of drug-likeness (QED) is 0.400. The highest BCUT2D eigenvalue weighted by Crippen LogP contribution is 2.32. The molecule has 5 nitrogen and oxygen atoms in total. The summed E-state index contributed by atoms with van der Waals surface area (Å²) in [5.74, 6) is -3.92. The Kier molecular flexibility index (Phi) is 5.80. The third kappa shape index (κ3) is 4.13. The fourth-order valence-electron chi connectivity index (χ4n) is 3.48. The van der Waals surface area contributed by atoms with Crippen LogP contribution < -0.4 is 10.2 Å². The Labute approximate surface area is 187 Å². The Morgan fingerprint density at radius 2 is 1.59 bits per heavy atom. The van der Waals surface area contributed by atoms with Crippen LogP contribution in [0, 0.1) is 13.8 Å². The maximum Gasteiger partial charge on any atom is 0.288 e. The van der Waals surface area contributed by atoms with Gasteiger partial charge >= 0.3 is 0 Å². The van der Waals surface area contributed by atoms with Crippen LogP contribution in [0.15, 0.2) is 65.6 Å². The maximum atomic E-state index is 13.0. The number of anilines is 2. The molecule has 1 heterocycles. The average Bonchev–Trinajstić information content (AvgIpc) is 3.00. The molecule has 0 radical (unpaired) electrons. The van der Waals surface area contributed by atoms with Crippen LogP contribution in [0.25, 0.3) is 0 Å². The molecular weight excluding hydrogens is 434 g/mol. The summed E-state index contributed by atoms with van der Waals surface area (Å²) in [4.78, 5) is 40.1. The molecule has 32 heavy (non-hydrogen) atoms. The van der Waals surface area contributed by atoms with Crippen molar-refractivity contribution in [2.45, 2.75) is 24.5 Å². The Morgan fingerprint density at radius 1 is 0.906 bits per heavy atom. The lowest BCUT2D eigenvalue weighted by Crippen LogP contribution is -2.30. The number of carbonyl (C=O) groups excluding carboxylic acids is 3. The summed E-state index contributed by atoms with van der Waals surface area (Å²) in [6, 6.07) is 15.9. The fourth-order valence-corrected chi connectivity index (χ4v) is 3.98. The molecular formula is C24H18F2N2O3S. The summed E-state index contributed by atoms with van der Waals surface area (Å²) < 4.78 is 24.9. The van der Waals surface area contributed by atoms with Crippen LogP contribution in [0.4, 0.5) is 20.2 Å². The molecule has 3 aromatic rings. The van der Waals surface area contributed by atoms with Gasteiger partial charge in [-0.25, -0.2) is 4.90 Å². The van der Waals surface area contributed by atoms with Gasteiger partial charge < -0.3 is 5.32 Å². The van der Waals surface area contributed by atoms with E-state index in [-0.39, 0.29) is 16.7 Å². The molecule has 1 aliphatic heterocycles. The van der Waals surface area contributed by atoms with Gasteiger partial charge in [-0.3, -0.25) is 14.4 Å². The third-order valence-electron chi connectivity index (χ3n) is 5.09. The number of fused-ring (bicyclic) bond motifs is 1. The zero-order chi connectivity index (χ0) is 23.0. The zero-order valence-corrected chi connectivity index (χ0v) is 18.0. The number of amides is 3. The summed E-state index contributed by atoms with van der Waals surface area (Å²) in [5.41, 5.74) is 3.25. The lowest BCUT2D eigenvalue weighted by atomic mass is 10.1.